The summed E-state index contributed by atoms with van der Waals surface area (Å²) in [5.74, 6) is 0.178. The van der Waals surface area contributed by atoms with Gasteiger partial charge in [0.2, 0.25) is 5.91 Å². The molecule has 0 saturated carbocycles. The first-order valence-corrected chi connectivity index (χ1v) is 7.06. The van der Waals surface area contributed by atoms with Crippen molar-refractivity contribution >= 4 is 23.4 Å². The Morgan fingerprint density at radius 1 is 1.22 bits per heavy atom. The van der Waals surface area contributed by atoms with E-state index in [1.54, 1.807) is 36.4 Å². The molecule has 23 heavy (non-hydrogen) atoms. The molecule has 2 rings (SSSR count). The minimum atomic E-state index is -0.484. The summed E-state index contributed by atoms with van der Waals surface area (Å²) < 4.78 is 5.42. The molecule has 6 nitrogen and oxygen atoms in total. The van der Waals surface area contributed by atoms with Crippen molar-refractivity contribution in [1.29, 1.82) is 0 Å². The van der Waals surface area contributed by atoms with Gasteiger partial charge < -0.3 is 10.1 Å². The molecule has 6 heteroatoms. The lowest BCUT2D eigenvalue weighted by molar-refractivity contribution is -0.385. The minimum Gasteiger partial charge on any atom is -0.492 e. The Morgan fingerprint density at radius 2 is 1.91 bits per heavy atom. The zero-order chi connectivity index (χ0) is 16.7. The monoisotopic (exact) mass is 312 g/mol. The van der Waals surface area contributed by atoms with Gasteiger partial charge in [-0.1, -0.05) is 24.3 Å². The molecule has 0 aliphatic heterocycles. The van der Waals surface area contributed by atoms with Crippen molar-refractivity contribution < 1.29 is 14.5 Å². The molecule has 1 N–H and O–H groups in total. The Balaban J connectivity index is 2.13. The number of amides is 1. The van der Waals surface area contributed by atoms with Gasteiger partial charge in [0, 0.05) is 12.1 Å². The van der Waals surface area contributed by atoms with Crippen molar-refractivity contribution in [3.8, 4) is 5.75 Å². The topological polar surface area (TPSA) is 81.5 Å². The quantitative estimate of drug-likeness (QED) is 0.501. The molecule has 0 atom stereocenters. The van der Waals surface area contributed by atoms with Crippen LogP contribution in [0.2, 0.25) is 0 Å². The Bertz CT molecular complexity index is 741. The highest BCUT2D eigenvalue weighted by atomic mass is 16.6. The van der Waals surface area contributed by atoms with Gasteiger partial charge in [-0.15, -0.1) is 0 Å². The Kier molecular flexibility index (Phi) is 5.46. The molecular formula is C17H16N2O4. The number of nitrogens with one attached hydrogen (secondary N) is 1. The molecule has 0 fully saturated rings. The summed E-state index contributed by atoms with van der Waals surface area (Å²) in [7, 11) is 0. The lowest BCUT2D eigenvalue weighted by Crippen LogP contribution is -2.09. The van der Waals surface area contributed by atoms with Gasteiger partial charge in [-0.3, -0.25) is 14.9 Å². The highest BCUT2D eigenvalue weighted by Gasteiger charge is 2.10. The van der Waals surface area contributed by atoms with Crippen molar-refractivity contribution in [1.82, 2.24) is 0 Å². The highest BCUT2D eigenvalue weighted by molar-refractivity contribution is 6.03. The number of anilines is 1. The zero-order valence-electron chi connectivity index (χ0n) is 12.6. The fraction of sp³-hybridized carbons (Fsp3) is 0.118. The first-order valence-electron chi connectivity index (χ1n) is 7.06. The van der Waals surface area contributed by atoms with Crippen molar-refractivity contribution in [3.63, 3.8) is 0 Å². The number of carbonyl (C=O) groups excluding carboxylic acids is 1. The van der Waals surface area contributed by atoms with E-state index in [1.807, 2.05) is 13.0 Å². The van der Waals surface area contributed by atoms with Crippen LogP contribution in [0.5, 0.6) is 5.75 Å². The maximum Gasteiger partial charge on any atom is 0.276 e. The molecule has 2 aromatic carbocycles. The molecule has 0 aliphatic rings. The molecule has 0 aliphatic carbocycles. The van der Waals surface area contributed by atoms with Crippen LogP contribution in [0.4, 0.5) is 11.4 Å². The molecule has 0 unspecified atom stereocenters. The van der Waals surface area contributed by atoms with Gasteiger partial charge in [-0.2, -0.15) is 0 Å². The maximum absolute atomic E-state index is 12.0. The standard InChI is InChI=1S/C17H16N2O4/c1-2-23-16-10-6-4-8-14(16)18-17(20)12-11-13-7-3-5-9-15(13)19(21)22/h3-12H,2H2,1H3,(H,18,20)/b12-11+. The van der Waals surface area contributed by atoms with E-state index in [-0.39, 0.29) is 5.69 Å². The number of nitrogens with zero attached hydrogens (tertiary/aromatic N) is 1. The zero-order valence-corrected chi connectivity index (χ0v) is 12.6. The highest BCUT2D eigenvalue weighted by Crippen LogP contribution is 2.24. The van der Waals surface area contributed by atoms with E-state index < -0.39 is 10.8 Å². The number of benzene rings is 2. The van der Waals surface area contributed by atoms with E-state index in [0.717, 1.165) is 0 Å². The summed E-state index contributed by atoms with van der Waals surface area (Å²) in [5, 5.41) is 13.6. The summed E-state index contributed by atoms with van der Waals surface area (Å²) in [4.78, 5) is 22.4. The van der Waals surface area contributed by atoms with E-state index in [9.17, 15) is 14.9 Å². The van der Waals surface area contributed by atoms with Crippen LogP contribution >= 0.6 is 0 Å². The normalized spacial score (nSPS) is 10.5. The Hall–Kier alpha value is -3.15. The summed E-state index contributed by atoms with van der Waals surface area (Å²) in [5.41, 5.74) is 0.864. The average Bonchev–Trinajstić information content (AvgIpc) is 2.55. The molecule has 1 amide bonds. The Morgan fingerprint density at radius 3 is 2.65 bits per heavy atom. The fourth-order valence-electron chi connectivity index (χ4n) is 1.99. The molecule has 0 saturated heterocycles. The SMILES string of the molecule is CCOc1ccccc1NC(=O)/C=C/c1ccccc1[N+](=O)[O-]. The number of hydrogen-bond donors (Lipinski definition) is 1. The number of carbonyl (C=O) groups is 1. The number of hydrogen-bond acceptors (Lipinski definition) is 4. The summed E-state index contributed by atoms with van der Waals surface area (Å²) in [6.07, 6.45) is 2.67. The summed E-state index contributed by atoms with van der Waals surface area (Å²) >= 11 is 0. The summed E-state index contributed by atoms with van der Waals surface area (Å²) in [6.45, 7) is 2.34. The third-order valence-corrected chi connectivity index (χ3v) is 2.99. The fourth-order valence-corrected chi connectivity index (χ4v) is 1.99. The Labute approximate surface area is 133 Å². The minimum absolute atomic E-state index is 0.0498. The number of ether oxygens (including phenoxy) is 1. The van der Waals surface area contributed by atoms with Gasteiger partial charge in [0.1, 0.15) is 5.75 Å². The van der Waals surface area contributed by atoms with Crippen molar-refractivity contribution in [2.24, 2.45) is 0 Å². The molecule has 0 bridgehead atoms. The van der Waals surface area contributed by atoms with Crippen molar-refractivity contribution in [2.45, 2.75) is 6.92 Å². The van der Waals surface area contributed by atoms with Crippen LogP contribution in [0.15, 0.2) is 54.6 Å². The predicted molar refractivity (Wildman–Crippen MR) is 88.4 cm³/mol. The van der Waals surface area contributed by atoms with Crippen LogP contribution in [-0.2, 0) is 4.79 Å². The molecule has 2 aromatic rings. The van der Waals surface area contributed by atoms with Crippen LogP contribution < -0.4 is 10.1 Å². The molecular weight excluding hydrogens is 296 g/mol. The second-order valence-corrected chi connectivity index (χ2v) is 4.57. The van der Waals surface area contributed by atoms with E-state index in [1.165, 1.54) is 18.2 Å². The molecule has 0 heterocycles. The lowest BCUT2D eigenvalue weighted by atomic mass is 10.1. The van der Waals surface area contributed by atoms with E-state index in [0.29, 0.717) is 23.6 Å². The third kappa shape index (κ3) is 4.41. The first-order chi connectivity index (χ1) is 11.1. The number of rotatable bonds is 6. The predicted octanol–water partition coefficient (Wildman–Crippen LogP) is 3.65. The van der Waals surface area contributed by atoms with Crippen LogP contribution in [0.25, 0.3) is 6.08 Å². The van der Waals surface area contributed by atoms with Gasteiger partial charge >= 0.3 is 0 Å². The second-order valence-electron chi connectivity index (χ2n) is 4.57. The number of nitro groups is 1. The van der Waals surface area contributed by atoms with Gasteiger partial charge in [0.25, 0.3) is 5.69 Å². The first kappa shape index (κ1) is 16.2. The lowest BCUT2D eigenvalue weighted by Gasteiger charge is -2.09. The largest absolute Gasteiger partial charge is 0.492 e. The van der Waals surface area contributed by atoms with Gasteiger partial charge in [0.05, 0.1) is 22.8 Å². The van der Waals surface area contributed by atoms with Crippen LogP contribution in [0.3, 0.4) is 0 Å². The van der Waals surface area contributed by atoms with Crippen LogP contribution in [0.1, 0.15) is 12.5 Å². The average molecular weight is 312 g/mol. The van der Waals surface area contributed by atoms with Crippen LogP contribution in [-0.4, -0.2) is 17.4 Å². The van der Waals surface area contributed by atoms with E-state index >= 15 is 0 Å². The molecule has 0 radical (unpaired) electrons. The van der Waals surface area contributed by atoms with Gasteiger partial charge in [-0.05, 0) is 31.2 Å². The summed E-state index contributed by atoms with van der Waals surface area (Å²) in [6, 6.07) is 13.3. The smallest absolute Gasteiger partial charge is 0.276 e. The van der Waals surface area contributed by atoms with Crippen molar-refractivity contribution in [2.75, 3.05) is 11.9 Å². The maximum atomic E-state index is 12.0. The molecule has 0 aromatic heterocycles. The van der Waals surface area contributed by atoms with Gasteiger partial charge in [0.15, 0.2) is 0 Å². The number of para-hydroxylation sites is 3. The second kappa shape index (κ2) is 7.74. The third-order valence-electron chi connectivity index (χ3n) is 2.99. The van der Waals surface area contributed by atoms with E-state index in [4.69, 9.17) is 4.74 Å². The molecule has 0 spiro atoms. The number of nitro benzene ring substituents is 1. The van der Waals surface area contributed by atoms with E-state index in [2.05, 4.69) is 5.32 Å². The van der Waals surface area contributed by atoms with Crippen LogP contribution in [0, 0.1) is 10.1 Å². The molecule has 118 valence electrons. The van der Waals surface area contributed by atoms with Crippen molar-refractivity contribution in [3.05, 3.63) is 70.3 Å². The van der Waals surface area contributed by atoms with Gasteiger partial charge in [-0.25, -0.2) is 0 Å².